The average molecular weight is 334 g/mol. The van der Waals surface area contributed by atoms with Crippen LogP contribution in [0.2, 0.25) is 0 Å². The molecule has 0 radical (unpaired) electrons. The highest BCUT2D eigenvalue weighted by molar-refractivity contribution is 5.41. The summed E-state index contributed by atoms with van der Waals surface area (Å²) in [5.74, 6) is 0.198. The van der Waals surface area contributed by atoms with E-state index in [2.05, 4.69) is 0 Å². The molecule has 0 bridgehead atoms. The summed E-state index contributed by atoms with van der Waals surface area (Å²) >= 11 is 0. The predicted molar refractivity (Wildman–Crippen MR) is 92.0 cm³/mol. The number of hydrogen-bond donors (Lipinski definition) is 0. The maximum Gasteiger partial charge on any atom is 0.130 e. The first-order valence-corrected chi connectivity index (χ1v) is 7.83. The third-order valence-corrected chi connectivity index (χ3v) is 5.26. The minimum absolute atomic E-state index is 0.360. The third-order valence-electron chi connectivity index (χ3n) is 5.26. The van der Waals surface area contributed by atoms with Gasteiger partial charge in [0.2, 0.25) is 0 Å². The molecule has 0 N–H and O–H groups in total. The molecule has 2 aromatic rings. The van der Waals surface area contributed by atoms with E-state index in [4.69, 9.17) is 9.47 Å². The molecule has 0 aliphatic heterocycles. The van der Waals surface area contributed by atoms with E-state index in [9.17, 15) is 8.78 Å². The number of benzene rings is 2. The molecular formula is C20H24F2O2. The Bertz CT molecular complexity index is 673. The SMILES string of the molecule is COc1ccc(C(C)(C)C(C)(C)c2ccc(OC)cc2F)c(F)c1. The van der Waals surface area contributed by atoms with Crippen LogP contribution in [0, 0.1) is 11.6 Å². The summed E-state index contributed by atoms with van der Waals surface area (Å²) < 4.78 is 39.3. The molecule has 0 unspecified atom stereocenters. The molecular weight excluding hydrogens is 310 g/mol. The van der Waals surface area contributed by atoms with Crippen molar-refractivity contribution in [1.82, 2.24) is 0 Å². The minimum atomic E-state index is -0.654. The second-order valence-corrected chi connectivity index (χ2v) is 6.94. The Balaban J connectivity index is 2.54. The van der Waals surface area contributed by atoms with Gasteiger partial charge in [0, 0.05) is 23.0 Å². The molecule has 4 heteroatoms. The van der Waals surface area contributed by atoms with Crippen molar-refractivity contribution in [3.05, 3.63) is 59.2 Å². The van der Waals surface area contributed by atoms with E-state index >= 15 is 0 Å². The van der Waals surface area contributed by atoms with Crippen molar-refractivity contribution in [2.24, 2.45) is 0 Å². The fraction of sp³-hybridized carbons (Fsp3) is 0.400. The predicted octanol–water partition coefficient (Wildman–Crippen LogP) is 5.24. The Kier molecular flexibility index (Phi) is 4.88. The van der Waals surface area contributed by atoms with Crippen LogP contribution in [0.3, 0.4) is 0 Å². The lowest BCUT2D eigenvalue weighted by molar-refractivity contribution is 0.283. The lowest BCUT2D eigenvalue weighted by Gasteiger charge is -2.43. The van der Waals surface area contributed by atoms with Crippen LogP contribution in [-0.4, -0.2) is 14.2 Å². The van der Waals surface area contributed by atoms with Gasteiger partial charge in [-0.1, -0.05) is 39.8 Å². The van der Waals surface area contributed by atoms with Gasteiger partial charge < -0.3 is 9.47 Å². The van der Waals surface area contributed by atoms with Gasteiger partial charge in [0.1, 0.15) is 23.1 Å². The molecule has 0 spiro atoms. The molecule has 0 aliphatic carbocycles. The molecule has 0 saturated heterocycles. The second kappa shape index (κ2) is 6.42. The zero-order chi connectivity index (χ0) is 18.1. The van der Waals surface area contributed by atoms with E-state index in [0.29, 0.717) is 22.6 Å². The molecule has 2 nitrogen and oxygen atoms in total. The largest absolute Gasteiger partial charge is 0.497 e. The molecule has 24 heavy (non-hydrogen) atoms. The van der Waals surface area contributed by atoms with Crippen LogP contribution in [0.4, 0.5) is 8.78 Å². The lowest BCUT2D eigenvalue weighted by atomic mass is 9.61. The van der Waals surface area contributed by atoms with E-state index in [1.807, 2.05) is 27.7 Å². The molecule has 2 aromatic carbocycles. The summed E-state index contributed by atoms with van der Waals surface area (Å²) in [4.78, 5) is 0. The standard InChI is InChI=1S/C20H24F2O2/c1-19(2,15-9-7-13(23-5)11-17(15)21)20(3,4)16-10-8-14(24-6)12-18(16)22/h7-12H,1-6H3. The van der Waals surface area contributed by atoms with Crippen molar-refractivity contribution in [3.8, 4) is 11.5 Å². The molecule has 0 atom stereocenters. The van der Waals surface area contributed by atoms with Gasteiger partial charge in [-0.2, -0.15) is 0 Å². The van der Waals surface area contributed by atoms with Crippen molar-refractivity contribution in [1.29, 1.82) is 0 Å². The maximum absolute atomic E-state index is 14.6. The Morgan fingerprint density at radius 2 is 1.00 bits per heavy atom. The highest BCUT2D eigenvalue weighted by atomic mass is 19.1. The third kappa shape index (κ3) is 2.97. The molecule has 0 aliphatic rings. The smallest absolute Gasteiger partial charge is 0.130 e. The highest BCUT2D eigenvalue weighted by Gasteiger charge is 2.42. The van der Waals surface area contributed by atoms with E-state index in [1.165, 1.54) is 26.4 Å². The Labute approximate surface area is 142 Å². The van der Waals surface area contributed by atoms with E-state index in [0.717, 1.165) is 0 Å². The quantitative estimate of drug-likeness (QED) is 0.745. The first kappa shape index (κ1) is 18.2. The number of rotatable bonds is 5. The Hall–Kier alpha value is -2.10. The summed E-state index contributed by atoms with van der Waals surface area (Å²) in [6.07, 6.45) is 0. The maximum atomic E-state index is 14.6. The fourth-order valence-electron chi connectivity index (χ4n) is 2.93. The summed E-state index contributed by atoms with van der Waals surface area (Å²) in [6.45, 7) is 7.67. The molecule has 2 rings (SSSR count). The zero-order valence-electron chi connectivity index (χ0n) is 15.0. The highest BCUT2D eigenvalue weighted by Crippen LogP contribution is 2.46. The summed E-state index contributed by atoms with van der Waals surface area (Å²) in [5.41, 5.74) is -0.274. The van der Waals surface area contributed by atoms with Crippen molar-refractivity contribution in [2.45, 2.75) is 38.5 Å². The van der Waals surface area contributed by atoms with Gasteiger partial charge in [0.05, 0.1) is 14.2 Å². The van der Waals surface area contributed by atoms with Gasteiger partial charge in [-0.25, -0.2) is 8.78 Å². The number of methoxy groups -OCH3 is 2. The number of hydrogen-bond acceptors (Lipinski definition) is 2. The Morgan fingerprint density at radius 1 is 0.667 bits per heavy atom. The van der Waals surface area contributed by atoms with Gasteiger partial charge in [-0.05, 0) is 23.3 Å². The van der Waals surface area contributed by atoms with Gasteiger partial charge >= 0.3 is 0 Å². The number of ether oxygens (including phenoxy) is 2. The monoisotopic (exact) mass is 334 g/mol. The van der Waals surface area contributed by atoms with E-state index in [1.54, 1.807) is 24.3 Å². The van der Waals surface area contributed by atoms with Crippen molar-refractivity contribution in [3.63, 3.8) is 0 Å². The van der Waals surface area contributed by atoms with Crippen LogP contribution in [0.25, 0.3) is 0 Å². The van der Waals surface area contributed by atoms with Gasteiger partial charge in [-0.3, -0.25) is 0 Å². The summed E-state index contributed by atoms with van der Waals surface area (Å²) in [6, 6.07) is 9.57. The van der Waals surface area contributed by atoms with Crippen LogP contribution < -0.4 is 9.47 Å². The fourth-order valence-corrected chi connectivity index (χ4v) is 2.93. The van der Waals surface area contributed by atoms with E-state index < -0.39 is 10.8 Å². The van der Waals surface area contributed by atoms with E-state index in [-0.39, 0.29) is 11.6 Å². The van der Waals surface area contributed by atoms with Crippen molar-refractivity contribution < 1.29 is 18.3 Å². The van der Waals surface area contributed by atoms with Crippen molar-refractivity contribution >= 4 is 0 Å². The van der Waals surface area contributed by atoms with Crippen LogP contribution in [0.5, 0.6) is 11.5 Å². The minimum Gasteiger partial charge on any atom is -0.497 e. The normalized spacial score (nSPS) is 12.2. The molecule has 130 valence electrons. The first-order chi connectivity index (χ1) is 11.1. The second-order valence-electron chi connectivity index (χ2n) is 6.94. The summed E-state index contributed by atoms with van der Waals surface area (Å²) in [5, 5.41) is 0. The average Bonchev–Trinajstić information content (AvgIpc) is 2.53. The van der Waals surface area contributed by atoms with Gasteiger partial charge in [-0.15, -0.1) is 0 Å². The van der Waals surface area contributed by atoms with Crippen LogP contribution >= 0.6 is 0 Å². The summed E-state index contributed by atoms with van der Waals surface area (Å²) in [7, 11) is 2.99. The first-order valence-electron chi connectivity index (χ1n) is 7.83. The Morgan fingerprint density at radius 3 is 1.25 bits per heavy atom. The van der Waals surface area contributed by atoms with Crippen LogP contribution in [0.1, 0.15) is 38.8 Å². The van der Waals surface area contributed by atoms with Crippen molar-refractivity contribution in [2.75, 3.05) is 14.2 Å². The molecule has 0 fully saturated rings. The topological polar surface area (TPSA) is 18.5 Å². The number of halogens is 2. The molecule has 0 saturated carbocycles. The van der Waals surface area contributed by atoms with Crippen LogP contribution in [-0.2, 0) is 10.8 Å². The lowest BCUT2D eigenvalue weighted by Crippen LogP contribution is -2.41. The van der Waals surface area contributed by atoms with Gasteiger partial charge in [0.25, 0.3) is 0 Å². The van der Waals surface area contributed by atoms with Crippen LogP contribution in [0.15, 0.2) is 36.4 Å². The molecule has 0 heterocycles. The van der Waals surface area contributed by atoms with Gasteiger partial charge in [0.15, 0.2) is 0 Å². The molecule has 0 aromatic heterocycles. The molecule has 0 amide bonds. The zero-order valence-corrected chi connectivity index (χ0v) is 15.0.